The molecule has 0 spiro atoms. The van der Waals surface area contributed by atoms with Crippen molar-refractivity contribution in [1.29, 1.82) is 0 Å². The Labute approximate surface area is 149 Å². The summed E-state index contributed by atoms with van der Waals surface area (Å²) in [4.78, 5) is 24.3. The van der Waals surface area contributed by atoms with Crippen LogP contribution in [0, 0.1) is 0 Å². The van der Waals surface area contributed by atoms with E-state index in [0.29, 0.717) is 6.54 Å². The van der Waals surface area contributed by atoms with Gasteiger partial charge in [0.2, 0.25) is 0 Å². The highest BCUT2D eigenvalue weighted by molar-refractivity contribution is 7.99. The number of esters is 1. The summed E-state index contributed by atoms with van der Waals surface area (Å²) in [6.45, 7) is 0.319. The van der Waals surface area contributed by atoms with Crippen LogP contribution in [0.2, 0.25) is 0 Å². The molecule has 2 rings (SSSR count). The van der Waals surface area contributed by atoms with Crippen LogP contribution in [0.25, 0.3) is 6.08 Å². The minimum absolute atomic E-state index is 0.251. The van der Waals surface area contributed by atoms with Crippen molar-refractivity contribution in [1.82, 2.24) is 5.32 Å². The lowest BCUT2D eigenvalue weighted by Gasteiger charge is -2.05. The van der Waals surface area contributed by atoms with Crippen molar-refractivity contribution in [2.24, 2.45) is 0 Å². The van der Waals surface area contributed by atoms with Gasteiger partial charge in [0, 0.05) is 17.5 Å². The van der Waals surface area contributed by atoms with Crippen molar-refractivity contribution in [3.63, 3.8) is 0 Å². The summed E-state index contributed by atoms with van der Waals surface area (Å²) in [5.41, 5.74) is 0.942. The van der Waals surface area contributed by atoms with Crippen LogP contribution in [-0.2, 0) is 14.3 Å². The minimum Gasteiger partial charge on any atom is -0.452 e. The van der Waals surface area contributed by atoms with Gasteiger partial charge in [0.15, 0.2) is 6.61 Å². The summed E-state index contributed by atoms with van der Waals surface area (Å²) in [6, 6.07) is 12.0. The molecular formula is C18H19NO3S2. The molecule has 1 amide bonds. The van der Waals surface area contributed by atoms with Crippen LogP contribution >= 0.6 is 23.1 Å². The normalized spacial score (nSPS) is 10.7. The summed E-state index contributed by atoms with van der Waals surface area (Å²) >= 11 is 3.30. The van der Waals surface area contributed by atoms with Crippen LogP contribution in [0.4, 0.5) is 0 Å². The van der Waals surface area contributed by atoms with E-state index >= 15 is 0 Å². The second kappa shape index (κ2) is 10.7. The zero-order valence-corrected chi connectivity index (χ0v) is 14.8. The maximum absolute atomic E-state index is 11.6. The number of amides is 1. The molecular weight excluding hydrogens is 342 g/mol. The molecule has 0 saturated heterocycles. The van der Waals surface area contributed by atoms with Gasteiger partial charge in [-0.25, -0.2) is 4.79 Å². The number of thioether (sulfide) groups is 1. The van der Waals surface area contributed by atoms with Crippen LogP contribution in [0.3, 0.4) is 0 Å². The number of hydrogen-bond acceptors (Lipinski definition) is 5. The van der Waals surface area contributed by atoms with Crippen LogP contribution in [0.15, 0.2) is 58.1 Å². The third kappa shape index (κ3) is 7.48. The highest BCUT2D eigenvalue weighted by Crippen LogP contribution is 2.17. The monoisotopic (exact) mass is 361 g/mol. The molecule has 1 N–H and O–H groups in total. The molecule has 0 aliphatic carbocycles. The van der Waals surface area contributed by atoms with Crippen LogP contribution in [0.5, 0.6) is 0 Å². The van der Waals surface area contributed by atoms with E-state index in [4.69, 9.17) is 4.74 Å². The van der Waals surface area contributed by atoms with Gasteiger partial charge in [0.25, 0.3) is 5.91 Å². The number of benzene rings is 1. The number of hydrogen-bond donors (Lipinski definition) is 1. The van der Waals surface area contributed by atoms with Gasteiger partial charge in [0.05, 0.1) is 0 Å². The SMILES string of the molecule is O=C(COC(=O)/C=C/c1ccsc1)NCCCSc1ccccc1. The Bertz CT molecular complexity index is 654. The maximum atomic E-state index is 11.6. The van der Waals surface area contributed by atoms with Gasteiger partial charge in [-0.05, 0) is 52.8 Å². The van der Waals surface area contributed by atoms with E-state index in [0.717, 1.165) is 17.7 Å². The van der Waals surface area contributed by atoms with E-state index < -0.39 is 5.97 Å². The first-order chi connectivity index (χ1) is 11.7. The van der Waals surface area contributed by atoms with Gasteiger partial charge in [-0.3, -0.25) is 4.79 Å². The van der Waals surface area contributed by atoms with Crippen molar-refractivity contribution in [3.8, 4) is 0 Å². The third-order valence-electron chi connectivity index (χ3n) is 2.96. The highest BCUT2D eigenvalue weighted by Gasteiger charge is 2.04. The van der Waals surface area contributed by atoms with Gasteiger partial charge >= 0.3 is 5.97 Å². The standard InChI is InChI=1S/C18H19NO3S2/c20-17(13-22-18(21)8-7-15-9-12-23-14-15)19-10-4-11-24-16-5-2-1-3-6-16/h1-3,5-9,12,14H,4,10-11,13H2,(H,19,20)/b8-7+. The van der Waals surface area contributed by atoms with Crippen molar-refractivity contribution < 1.29 is 14.3 Å². The fourth-order valence-electron chi connectivity index (χ4n) is 1.78. The molecule has 0 fully saturated rings. The summed E-state index contributed by atoms with van der Waals surface area (Å²) in [7, 11) is 0. The molecule has 1 heterocycles. The summed E-state index contributed by atoms with van der Waals surface area (Å²) < 4.78 is 4.89. The zero-order valence-electron chi connectivity index (χ0n) is 13.1. The molecule has 1 aromatic heterocycles. The van der Waals surface area contributed by atoms with Crippen molar-refractivity contribution in [2.45, 2.75) is 11.3 Å². The van der Waals surface area contributed by atoms with Crippen LogP contribution in [0.1, 0.15) is 12.0 Å². The Morgan fingerprint density at radius 2 is 2.04 bits per heavy atom. The van der Waals surface area contributed by atoms with E-state index in [-0.39, 0.29) is 12.5 Å². The minimum atomic E-state index is -0.518. The van der Waals surface area contributed by atoms with Crippen molar-refractivity contribution in [3.05, 3.63) is 58.8 Å². The molecule has 0 unspecified atom stereocenters. The number of carbonyl (C=O) groups is 2. The summed E-state index contributed by atoms with van der Waals surface area (Å²) in [5, 5.41) is 6.59. The van der Waals surface area contributed by atoms with Gasteiger partial charge in [0.1, 0.15) is 0 Å². The number of nitrogens with one attached hydrogen (secondary N) is 1. The lowest BCUT2D eigenvalue weighted by atomic mass is 10.3. The van der Waals surface area contributed by atoms with Crippen molar-refractivity contribution in [2.75, 3.05) is 18.9 Å². The Kier molecular flexibility index (Phi) is 8.13. The molecule has 24 heavy (non-hydrogen) atoms. The lowest BCUT2D eigenvalue weighted by molar-refractivity contribution is -0.143. The molecule has 2 aromatic rings. The summed E-state index contributed by atoms with van der Waals surface area (Å²) in [5.74, 6) is 0.126. The number of ether oxygens (including phenoxy) is 1. The quantitative estimate of drug-likeness (QED) is 0.321. The molecule has 126 valence electrons. The molecule has 0 atom stereocenters. The van der Waals surface area contributed by atoms with E-state index in [1.165, 1.54) is 11.0 Å². The first-order valence-electron chi connectivity index (χ1n) is 7.55. The van der Waals surface area contributed by atoms with Gasteiger partial charge in [-0.2, -0.15) is 11.3 Å². The Hall–Kier alpha value is -2.05. The first-order valence-corrected chi connectivity index (χ1v) is 9.48. The molecule has 0 aliphatic heterocycles. The molecule has 0 radical (unpaired) electrons. The first kappa shape index (κ1) is 18.3. The van der Waals surface area contributed by atoms with E-state index in [1.807, 2.05) is 35.0 Å². The number of carbonyl (C=O) groups excluding carboxylic acids is 2. The van der Waals surface area contributed by atoms with Crippen LogP contribution in [-0.4, -0.2) is 30.8 Å². The topological polar surface area (TPSA) is 55.4 Å². The zero-order chi connectivity index (χ0) is 17.0. The predicted octanol–water partition coefficient (Wildman–Crippen LogP) is 3.60. The molecule has 0 bridgehead atoms. The third-order valence-corrected chi connectivity index (χ3v) is 4.76. The second-order valence-corrected chi connectivity index (χ2v) is 6.81. The number of thiophene rings is 1. The molecule has 0 aliphatic rings. The number of rotatable bonds is 9. The average Bonchev–Trinajstić information content (AvgIpc) is 3.12. The largest absolute Gasteiger partial charge is 0.452 e. The summed E-state index contributed by atoms with van der Waals surface area (Å²) in [6.07, 6.45) is 3.85. The Morgan fingerprint density at radius 1 is 1.21 bits per heavy atom. The van der Waals surface area contributed by atoms with E-state index in [1.54, 1.807) is 29.2 Å². The second-order valence-electron chi connectivity index (χ2n) is 4.86. The van der Waals surface area contributed by atoms with E-state index in [9.17, 15) is 9.59 Å². The molecule has 4 nitrogen and oxygen atoms in total. The van der Waals surface area contributed by atoms with Gasteiger partial charge in [-0.15, -0.1) is 11.8 Å². The fraction of sp³-hybridized carbons (Fsp3) is 0.222. The Balaban J connectivity index is 1.52. The lowest BCUT2D eigenvalue weighted by Crippen LogP contribution is -2.29. The smallest absolute Gasteiger partial charge is 0.331 e. The van der Waals surface area contributed by atoms with E-state index in [2.05, 4.69) is 17.4 Å². The average molecular weight is 361 g/mol. The van der Waals surface area contributed by atoms with Gasteiger partial charge < -0.3 is 10.1 Å². The van der Waals surface area contributed by atoms with Gasteiger partial charge in [-0.1, -0.05) is 18.2 Å². The maximum Gasteiger partial charge on any atom is 0.331 e. The highest BCUT2D eigenvalue weighted by atomic mass is 32.2. The molecule has 1 aromatic carbocycles. The van der Waals surface area contributed by atoms with Crippen molar-refractivity contribution >= 4 is 41.1 Å². The molecule has 6 heteroatoms. The molecule has 0 saturated carbocycles. The predicted molar refractivity (Wildman–Crippen MR) is 99.1 cm³/mol. The Morgan fingerprint density at radius 3 is 2.79 bits per heavy atom. The van der Waals surface area contributed by atoms with Crippen LogP contribution < -0.4 is 5.32 Å². The fourth-order valence-corrected chi connectivity index (χ4v) is 3.28.